The number of rotatable bonds is 3. The third kappa shape index (κ3) is 2.69. The molecule has 20 heavy (non-hydrogen) atoms. The molecule has 0 saturated heterocycles. The molecule has 1 saturated carbocycles. The summed E-state index contributed by atoms with van der Waals surface area (Å²) in [5, 5.41) is 3.72. The number of anilines is 1. The zero-order chi connectivity index (χ0) is 14.2. The molecule has 1 fully saturated rings. The van der Waals surface area contributed by atoms with Crippen LogP contribution in [0.1, 0.15) is 18.4 Å². The van der Waals surface area contributed by atoms with E-state index in [1.54, 1.807) is 0 Å². The molecule has 1 aliphatic rings. The van der Waals surface area contributed by atoms with Gasteiger partial charge in [0, 0.05) is 14.3 Å². The molecule has 0 bridgehead atoms. The summed E-state index contributed by atoms with van der Waals surface area (Å²) in [4.78, 5) is 12.5. The number of carbonyl (C=O) groups excluding carboxylic acids is 1. The van der Waals surface area contributed by atoms with Crippen molar-refractivity contribution in [2.24, 2.45) is 0 Å². The Morgan fingerprint density at radius 3 is 2.45 bits per heavy atom. The summed E-state index contributed by atoms with van der Waals surface area (Å²) in [5.41, 5.74) is 1.53. The minimum absolute atomic E-state index is 0.0711. The standard InChI is InChI=1S/C16H13ClINO/c17-12-6-4-11(5-7-12)16(8-9-16)15(20)19-14-3-1-2-13(18)10-14/h1-7,10H,8-9H2,(H,19,20). The van der Waals surface area contributed by atoms with Gasteiger partial charge in [-0.05, 0) is 71.3 Å². The predicted octanol–water partition coefficient (Wildman–Crippen LogP) is 4.61. The zero-order valence-electron chi connectivity index (χ0n) is 10.7. The molecule has 0 radical (unpaired) electrons. The van der Waals surface area contributed by atoms with Crippen LogP contribution in [0.2, 0.25) is 5.02 Å². The van der Waals surface area contributed by atoms with Crippen LogP contribution in [0.4, 0.5) is 5.69 Å². The van der Waals surface area contributed by atoms with Gasteiger partial charge in [0.15, 0.2) is 0 Å². The van der Waals surface area contributed by atoms with Crippen LogP contribution in [0.5, 0.6) is 0 Å². The highest BCUT2D eigenvalue weighted by Gasteiger charge is 2.51. The van der Waals surface area contributed by atoms with Crippen molar-refractivity contribution >= 4 is 45.8 Å². The lowest BCUT2D eigenvalue weighted by Crippen LogP contribution is -2.27. The van der Waals surface area contributed by atoms with Gasteiger partial charge in [-0.15, -0.1) is 0 Å². The lowest BCUT2D eigenvalue weighted by Gasteiger charge is -2.16. The summed E-state index contributed by atoms with van der Waals surface area (Å²) in [6, 6.07) is 15.4. The van der Waals surface area contributed by atoms with Gasteiger partial charge < -0.3 is 5.32 Å². The van der Waals surface area contributed by atoms with Gasteiger partial charge in [0.2, 0.25) is 5.91 Å². The van der Waals surface area contributed by atoms with Crippen LogP contribution in [0.3, 0.4) is 0 Å². The van der Waals surface area contributed by atoms with E-state index in [0.717, 1.165) is 27.7 Å². The fraction of sp³-hybridized carbons (Fsp3) is 0.188. The number of halogens is 2. The van der Waals surface area contributed by atoms with E-state index >= 15 is 0 Å². The second kappa shape index (κ2) is 5.37. The second-order valence-corrected chi connectivity index (χ2v) is 6.74. The number of amides is 1. The Labute approximate surface area is 136 Å². The average Bonchev–Trinajstić information content (AvgIpc) is 3.21. The first-order valence-electron chi connectivity index (χ1n) is 6.43. The van der Waals surface area contributed by atoms with Crippen molar-refractivity contribution in [2.45, 2.75) is 18.3 Å². The van der Waals surface area contributed by atoms with Crippen molar-refractivity contribution < 1.29 is 4.79 Å². The molecule has 1 N–H and O–H groups in total. The monoisotopic (exact) mass is 397 g/mol. The molecule has 0 unspecified atom stereocenters. The summed E-state index contributed by atoms with van der Waals surface area (Å²) >= 11 is 8.15. The number of hydrogen-bond donors (Lipinski definition) is 1. The van der Waals surface area contributed by atoms with Gasteiger partial charge in [0.1, 0.15) is 0 Å². The lowest BCUT2D eigenvalue weighted by atomic mass is 9.95. The smallest absolute Gasteiger partial charge is 0.235 e. The number of carbonyl (C=O) groups is 1. The molecule has 0 heterocycles. The first-order valence-corrected chi connectivity index (χ1v) is 7.89. The van der Waals surface area contributed by atoms with E-state index in [9.17, 15) is 4.79 Å². The lowest BCUT2D eigenvalue weighted by molar-refractivity contribution is -0.118. The highest BCUT2D eigenvalue weighted by atomic mass is 127. The van der Waals surface area contributed by atoms with Gasteiger partial charge in [-0.25, -0.2) is 0 Å². The maximum Gasteiger partial charge on any atom is 0.235 e. The Bertz CT molecular complexity index is 650. The molecule has 1 amide bonds. The average molecular weight is 398 g/mol. The first kappa shape index (κ1) is 13.9. The predicted molar refractivity (Wildman–Crippen MR) is 90.2 cm³/mol. The molecule has 102 valence electrons. The molecule has 4 heteroatoms. The van der Waals surface area contributed by atoms with Gasteiger partial charge in [0.25, 0.3) is 0 Å². The molecule has 2 aromatic rings. The minimum atomic E-state index is -0.369. The third-order valence-corrected chi connectivity index (χ3v) is 4.59. The Morgan fingerprint density at radius 1 is 1.15 bits per heavy atom. The summed E-state index contributed by atoms with van der Waals surface area (Å²) in [6.07, 6.45) is 1.79. The maximum absolute atomic E-state index is 12.5. The largest absolute Gasteiger partial charge is 0.325 e. The summed E-state index contributed by atoms with van der Waals surface area (Å²) in [6.45, 7) is 0. The highest BCUT2D eigenvalue weighted by molar-refractivity contribution is 14.1. The number of nitrogens with one attached hydrogen (secondary N) is 1. The quantitative estimate of drug-likeness (QED) is 0.753. The topological polar surface area (TPSA) is 29.1 Å². The maximum atomic E-state index is 12.5. The van der Waals surface area contributed by atoms with Gasteiger partial charge in [-0.1, -0.05) is 29.8 Å². The van der Waals surface area contributed by atoms with Crippen molar-refractivity contribution in [3.05, 3.63) is 62.7 Å². The van der Waals surface area contributed by atoms with Crippen molar-refractivity contribution in [1.82, 2.24) is 0 Å². The Morgan fingerprint density at radius 2 is 1.85 bits per heavy atom. The summed E-state index contributed by atoms with van der Waals surface area (Å²) in [7, 11) is 0. The van der Waals surface area contributed by atoms with E-state index < -0.39 is 0 Å². The van der Waals surface area contributed by atoms with Crippen LogP contribution in [-0.4, -0.2) is 5.91 Å². The second-order valence-electron chi connectivity index (χ2n) is 5.05. The van der Waals surface area contributed by atoms with Crippen LogP contribution in [-0.2, 0) is 10.2 Å². The zero-order valence-corrected chi connectivity index (χ0v) is 13.6. The van der Waals surface area contributed by atoms with E-state index in [0.29, 0.717) is 5.02 Å². The minimum Gasteiger partial charge on any atom is -0.325 e. The van der Waals surface area contributed by atoms with Gasteiger partial charge >= 0.3 is 0 Å². The molecule has 2 nitrogen and oxygen atoms in total. The summed E-state index contributed by atoms with van der Waals surface area (Å²) in [5.74, 6) is 0.0711. The molecule has 0 aromatic heterocycles. The van der Waals surface area contributed by atoms with Crippen LogP contribution < -0.4 is 5.32 Å². The van der Waals surface area contributed by atoms with Crippen LogP contribution in [0, 0.1) is 3.57 Å². The van der Waals surface area contributed by atoms with Crippen LogP contribution in [0.25, 0.3) is 0 Å². The number of hydrogen-bond acceptors (Lipinski definition) is 1. The number of benzene rings is 2. The van der Waals surface area contributed by atoms with Crippen molar-refractivity contribution in [3.8, 4) is 0 Å². The van der Waals surface area contributed by atoms with Crippen LogP contribution in [0.15, 0.2) is 48.5 Å². The van der Waals surface area contributed by atoms with E-state index in [1.165, 1.54) is 0 Å². The van der Waals surface area contributed by atoms with Gasteiger partial charge in [-0.3, -0.25) is 4.79 Å². The van der Waals surface area contributed by atoms with Crippen LogP contribution >= 0.6 is 34.2 Å². The van der Waals surface area contributed by atoms with Gasteiger partial charge in [0.05, 0.1) is 5.41 Å². The van der Waals surface area contributed by atoms with Crippen molar-refractivity contribution in [1.29, 1.82) is 0 Å². The molecule has 1 aliphatic carbocycles. The molecule has 0 spiro atoms. The van der Waals surface area contributed by atoms with Crippen molar-refractivity contribution in [2.75, 3.05) is 5.32 Å². The fourth-order valence-electron chi connectivity index (χ4n) is 2.36. The summed E-state index contributed by atoms with van der Waals surface area (Å²) < 4.78 is 1.11. The SMILES string of the molecule is O=C(Nc1cccc(I)c1)C1(c2ccc(Cl)cc2)CC1. The van der Waals surface area contributed by atoms with E-state index in [-0.39, 0.29) is 11.3 Å². The molecule has 0 atom stereocenters. The van der Waals surface area contributed by atoms with E-state index in [4.69, 9.17) is 11.6 Å². The highest BCUT2D eigenvalue weighted by Crippen LogP contribution is 2.49. The Balaban J connectivity index is 1.81. The first-order chi connectivity index (χ1) is 9.60. The van der Waals surface area contributed by atoms with E-state index in [1.807, 2.05) is 48.5 Å². The molecule has 2 aromatic carbocycles. The molecular weight excluding hydrogens is 385 g/mol. The van der Waals surface area contributed by atoms with E-state index in [2.05, 4.69) is 27.9 Å². The molecule has 3 rings (SSSR count). The Hall–Kier alpha value is -1.07. The molecular formula is C16H13ClINO. The third-order valence-electron chi connectivity index (χ3n) is 3.66. The fourth-order valence-corrected chi connectivity index (χ4v) is 3.03. The van der Waals surface area contributed by atoms with Crippen molar-refractivity contribution in [3.63, 3.8) is 0 Å². The Kier molecular flexibility index (Phi) is 3.73. The van der Waals surface area contributed by atoms with Gasteiger partial charge in [-0.2, -0.15) is 0 Å². The normalized spacial score (nSPS) is 15.7. The molecule has 0 aliphatic heterocycles.